The van der Waals surface area contributed by atoms with Gasteiger partial charge in [0.2, 0.25) is 0 Å². The van der Waals surface area contributed by atoms with Crippen molar-refractivity contribution in [1.82, 2.24) is 14.7 Å². The van der Waals surface area contributed by atoms with Crippen molar-refractivity contribution in [1.29, 1.82) is 0 Å². The Morgan fingerprint density at radius 3 is 2.42 bits per heavy atom. The van der Waals surface area contributed by atoms with E-state index in [9.17, 15) is 24.1 Å². The molecule has 4 rings (SSSR count). The molecule has 1 fully saturated rings. The van der Waals surface area contributed by atoms with Crippen molar-refractivity contribution in [3.8, 4) is 0 Å². The van der Waals surface area contributed by atoms with Gasteiger partial charge in [-0.25, -0.2) is 4.39 Å². The summed E-state index contributed by atoms with van der Waals surface area (Å²) in [4.78, 5) is 41.7. The molecule has 0 saturated carbocycles. The van der Waals surface area contributed by atoms with E-state index in [1.165, 1.54) is 36.6 Å². The minimum atomic E-state index is -0.561. The summed E-state index contributed by atoms with van der Waals surface area (Å²) in [5.41, 5.74) is 0.854. The number of amides is 2. The fourth-order valence-corrected chi connectivity index (χ4v) is 4.27. The Morgan fingerprint density at radius 1 is 1.08 bits per heavy atom. The van der Waals surface area contributed by atoms with Crippen LogP contribution in [0.2, 0.25) is 5.02 Å². The summed E-state index contributed by atoms with van der Waals surface area (Å²) >= 11 is 6.12. The third-order valence-corrected chi connectivity index (χ3v) is 6.36. The lowest BCUT2D eigenvalue weighted by Crippen LogP contribution is -2.50. The molecule has 2 amide bonds. The van der Waals surface area contributed by atoms with Gasteiger partial charge in [-0.3, -0.25) is 24.6 Å². The summed E-state index contributed by atoms with van der Waals surface area (Å²) < 4.78 is 18.6. The molecule has 0 bridgehead atoms. The molecule has 2 heterocycles. The van der Waals surface area contributed by atoms with Crippen molar-refractivity contribution in [3.63, 3.8) is 0 Å². The van der Waals surface area contributed by atoms with Crippen molar-refractivity contribution in [2.75, 3.05) is 39.3 Å². The minimum Gasteiger partial charge on any atom is -0.459 e. The van der Waals surface area contributed by atoms with Crippen molar-refractivity contribution in [2.24, 2.45) is 0 Å². The van der Waals surface area contributed by atoms with Gasteiger partial charge in [0.05, 0.1) is 21.8 Å². The molecule has 0 unspecified atom stereocenters. The number of benzene rings is 2. The number of nitro groups is 1. The number of hydrogen-bond donors (Lipinski definition) is 0. The fraction of sp³-hybridized carbons (Fsp3) is 0.280. The van der Waals surface area contributed by atoms with Crippen molar-refractivity contribution in [3.05, 3.63) is 98.7 Å². The van der Waals surface area contributed by atoms with Crippen LogP contribution in [0, 0.1) is 15.9 Å². The van der Waals surface area contributed by atoms with E-state index in [2.05, 4.69) is 4.90 Å². The number of hydrogen-bond acceptors (Lipinski definition) is 6. The maximum Gasteiger partial charge on any atom is 0.289 e. The van der Waals surface area contributed by atoms with Crippen LogP contribution >= 0.6 is 11.6 Å². The Hall–Kier alpha value is -3.76. The first-order valence-corrected chi connectivity index (χ1v) is 11.7. The highest BCUT2D eigenvalue weighted by molar-refractivity contribution is 6.34. The van der Waals surface area contributed by atoms with Gasteiger partial charge in [-0.1, -0.05) is 23.7 Å². The van der Waals surface area contributed by atoms with Crippen LogP contribution < -0.4 is 0 Å². The van der Waals surface area contributed by atoms with Crippen LogP contribution in [0.4, 0.5) is 10.1 Å². The number of furan rings is 1. The smallest absolute Gasteiger partial charge is 0.289 e. The highest BCUT2D eigenvalue weighted by atomic mass is 35.5. The summed E-state index contributed by atoms with van der Waals surface area (Å²) in [6.07, 6.45) is 1.44. The van der Waals surface area contributed by atoms with Crippen molar-refractivity contribution >= 4 is 29.1 Å². The van der Waals surface area contributed by atoms with E-state index in [-0.39, 0.29) is 39.7 Å². The largest absolute Gasteiger partial charge is 0.459 e. The molecule has 0 aliphatic carbocycles. The van der Waals surface area contributed by atoms with Gasteiger partial charge >= 0.3 is 0 Å². The van der Waals surface area contributed by atoms with Crippen LogP contribution in [-0.4, -0.2) is 70.7 Å². The molecule has 1 saturated heterocycles. The molecular formula is C25H24ClFN4O5. The Balaban J connectivity index is 1.35. The highest BCUT2D eigenvalue weighted by Gasteiger charge is 2.26. The number of non-ortho nitro benzene ring substituents is 1. The van der Waals surface area contributed by atoms with Gasteiger partial charge in [-0.05, 0) is 35.9 Å². The van der Waals surface area contributed by atoms with Crippen LogP contribution in [0.3, 0.4) is 0 Å². The molecule has 11 heteroatoms. The van der Waals surface area contributed by atoms with E-state index >= 15 is 0 Å². The van der Waals surface area contributed by atoms with E-state index in [4.69, 9.17) is 16.0 Å². The number of piperazine rings is 1. The lowest BCUT2D eigenvalue weighted by molar-refractivity contribution is -0.384. The number of carbonyl (C=O) groups is 2. The molecule has 0 radical (unpaired) electrons. The van der Waals surface area contributed by atoms with Gasteiger partial charge in [0.25, 0.3) is 17.5 Å². The predicted octanol–water partition coefficient (Wildman–Crippen LogP) is 4.08. The molecule has 1 aromatic heterocycles. The molecule has 2 aromatic carbocycles. The molecule has 3 aromatic rings. The molecule has 0 atom stereocenters. The second kappa shape index (κ2) is 11.3. The van der Waals surface area contributed by atoms with Crippen molar-refractivity contribution in [2.45, 2.75) is 6.54 Å². The normalized spacial score (nSPS) is 14.0. The van der Waals surface area contributed by atoms with Gasteiger partial charge in [0, 0.05) is 57.9 Å². The van der Waals surface area contributed by atoms with Crippen molar-refractivity contribution < 1.29 is 23.3 Å². The zero-order valence-corrected chi connectivity index (χ0v) is 20.1. The molecule has 9 nitrogen and oxygen atoms in total. The summed E-state index contributed by atoms with van der Waals surface area (Å²) in [6.45, 7) is 3.39. The molecule has 0 spiro atoms. The summed E-state index contributed by atoms with van der Waals surface area (Å²) in [6, 6.07) is 13.1. The van der Waals surface area contributed by atoms with E-state index in [0.717, 1.165) is 5.56 Å². The van der Waals surface area contributed by atoms with Crippen LogP contribution in [0.25, 0.3) is 0 Å². The van der Waals surface area contributed by atoms with Gasteiger partial charge in [-0.2, -0.15) is 0 Å². The van der Waals surface area contributed by atoms with Crippen LogP contribution in [0.15, 0.2) is 65.3 Å². The monoisotopic (exact) mass is 514 g/mol. The molecule has 36 heavy (non-hydrogen) atoms. The minimum absolute atomic E-state index is 0.0458. The van der Waals surface area contributed by atoms with Crippen LogP contribution in [0.1, 0.15) is 26.5 Å². The van der Waals surface area contributed by atoms with E-state index < -0.39 is 4.92 Å². The molecular weight excluding hydrogens is 491 g/mol. The number of carbonyl (C=O) groups excluding carboxylic acids is 2. The van der Waals surface area contributed by atoms with Gasteiger partial charge in [-0.15, -0.1) is 0 Å². The number of rotatable bonds is 8. The standard InChI is InChI=1S/C25H24ClFN4O5/c26-22-16-20(31(34)35)7-8-21(22)24(32)29-12-9-28(10-13-29)11-14-30(25(33)23-2-1-15-36-23)17-18-3-5-19(27)6-4-18/h1-8,15-16H,9-14,17H2. The number of nitro benzene ring substituents is 1. The molecule has 1 aliphatic rings. The average Bonchev–Trinajstić information content (AvgIpc) is 3.42. The Bertz CT molecular complexity index is 1230. The maximum atomic E-state index is 13.3. The lowest BCUT2D eigenvalue weighted by Gasteiger charge is -2.36. The molecule has 1 aliphatic heterocycles. The first-order chi connectivity index (χ1) is 17.3. The summed E-state index contributed by atoms with van der Waals surface area (Å²) in [5.74, 6) is -0.649. The van der Waals surface area contributed by atoms with Crippen LogP contribution in [0.5, 0.6) is 0 Å². The second-order valence-electron chi connectivity index (χ2n) is 8.39. The molecule has 188 valence electrons. The maximum absolute atomic E-state index is 13.3. The number of nitrogens with zero attached hydrogens (tertiary/aromatic N) is 4. The molecule has 0 N–H and O–H groups in total. The zero-order chi connectivity index (χ0) is 25.7. The Morgan fingerprint density at radius 2 is 1.81 bits per heavy atom. The summed E-state index contributed by atoms with van der Waals surface area (Å²) in [5, 5.41) is 11.0. The quantitative estimate of drug-likeness (QED) is 0.332. The van der Waals surface area contributed by atoms with Gasteiger partial charge in [0.15, 0.2) is 5.76 Å². The predicted molar refractivity (Wildman–Crippen MR) is 130 cm³/mol. The summed E-state index contributed by atoms with van der Waals surface area (Å²) in [7, 11) is 0. The Kier molecular flexibility index (Phi) is 7.97. The first kappa shape index (κ1) is 25.3. The van der Waals surface area contributed by atoms with Gasteiger partial charge < -0.3 is 14.2 Å². The topological polar surface area (TPSA) is 100 Å². The van der Waals surface area contributed by atoms with E-state index in [1.807, 2.05) is 0 Å². The Labute approximate surface area is 211 Å². The highest BCUT2D eigenvalue weighted by Crippen LogP contribution is 2.24. The average molecular weight is 515 g/mol. The second-order valence-corrected chi connectivity index (χ2v) is 8.79. The third-order valence-electron chi connectivity index (χ3n) is 6.05. The zero-order valence-electron chi connectivity index (χ0n) is 19.3. The first-order valence-electron chi connectivity index (χ1n) is 11.3. The number of halogens is 2. The van der Waals surface area contributed by atoms with E-state index in [1.54, 1.807) is 34.1 Å². The lowest BCUT2D eigenvalue weighted by atomic mass is 10.1. The van der Waals surface area contributed by atoms with Crippen LogP contribution in [-0.2, 0) is 6.54 Å². The van der Waals surface area contributed by atoms with E-state index in [0.29, 0.717) is 45.8 Å². The van der Waals surface area contributed by atoms with Gasteiger partial charge in [0.1, 0.15) is 5.82 Å². The third kappa shape index (κ3) is 6.07. The SMILES string of the molecule is O=C(c1ccco1)N(CCN1CCN(C(=O)c2ccc([N+](=O)[O-])cc2Cl)CC1)Cc1ccc(F)cc1. The fourth-order valence-electron chi connectivity index (χ4n) is 4.02.